The molecule has 1 aliphatic heterocycles. The number of benzene rings is 1. The van der Waals surface area contributed by atoms with Crippen LogP contribution in [0.2, 0.25) is 5.02 Å². The normalized spacial score (nSPS) is 12.7. The fraction of sp³-hybridized carbons (Fsp3) is 0.235. The molecule has 0 spiro atoms. The molecular formula is C17H15ClN2O3S. The number of esters is 1. The monoisotopic (exact) mass is 362 g/mol. The molecule has 0 saturated carbocycles. The molecule has 2 aromatic rings. The molecule has 0 atom stereocenters. The van der Waals surface area contributed by atoms with Gasteiger partial charge in [-0.1, -0.05) is 41.6 Å². The summed E-state index contributed by atoms with van der Waals surface area (Å²) in [6.07, 6.45) is 0. The minimum Gasteiger partial charge on any atom is -0.457 e. The summed E-state index contributed by atoms with van der Waals surface area (Å²) in [5.74, 6) is -0.361. The lowest BCUT2D eigenvalue weighted by molar-refractivity contribution is -0.118. The number of carbonyl (C=O) groups is 2. The second-order valence-electron chi connectivity index (χ2n) is 5.34. The van der Waals surface area contributed by atoms with Crippen molar-refractivity contribution in [1.29, 1.82) is 0 Å². The average molecular weight is 363 g/mol. The van der Waals surface area contributed by atoms with Crippen LogP contribution in [0.1, 0.15) is 27.2 Å². The van der Waals surface area contributed by atoms with E-state index in [1.807, 2.05) is 31.2 Å². The Morgan fingerprint density at radius 1 is 1.42 bits per heavy atom. The number of aryl methyl sites for hydroxylation is 1. The molecule has 0 radical (unpaired) electrons. The van der Waals surface area contributed by atoms with E-state index < -0.39 is 0 Å². The zero-order chi connectivity index (χ0) is 17.1. The maximum atomic E-state index is 12.0. The standard InChI is InChI=1S/C17H15ClN2O3S/c1-10-6-12-8-23-17(22)15(12)16(20-10)24-9-14(21)19-7-11-4-2-3-5-13(11)18/h2-6H,7-9H2,1H3,(H,19,21). The molecule has 5 nitrogen and oxygen atoms in total. The molecular weight excluding hydrogens is 348 g/mol. The Balaban J connectivity index is 1.61. The highest BCUT2D eigenvalue weighted by Crippen LogP contribution is 2.29. The second kappa shape index (κ2) is 7.23. The number of cyclic esters (lactones) is 1. The van der Waals surface area contributed by atoms with Gasteiger partial charge in [-0.3, -0.25) is 4.79 Å². The van der Waals surface area contributed by atoms with Crippen molar-refractivity contribution >= 4 is 35.2 Å². The molecule has 0 saturated heterocycles. The maximum Gasteiger partial charge on any atom is 0.341 e. The smallest absolute Gasteiger partial charge is 0.341 e. The second-order valence-corrected chi connectivity index (χ2v) is 6.71. The van der Waals surface area contributed by atoms with Crippen LogP contribution in [-0.2, 0) is 22.7 Å². The molecule has 2 heterocycles. The summed E-state index contributed by atoms with van der Waals surface area (Å²) in [4.78, 5) is 28.2. The van der Waals surface area contributed by atoms with Crippen LogP contribution in [0.25, 0.3) is 0 Å². The fourth-order valence-electron chi connectivity index (χ4n) is 2.38. The molecule has 1 N–H and O–H groups in total. The molecule has 0 bridgehead atoms. The van der Waals surface area contributed by atoms with E-state index in [0.717, 1.165) is 16.8 Å². The van der Waals surface area contributed by atoms with E-state index >= 15 is 0 Å². The topological polar surface area (TPSA) is 68.3 Å². The van der Waals surface area contributed by atoms with Gasteiger partial charge < -0.3 is 10.1 Å². The summed E-state index contributed by atoms with van der Waals surface area (Å²) < 4.78 is 5.04. The first-order valence-electron chi connectivity index (χ1n) is 7.35. The lowest BCUT2D eigenvalue weighted by atomic mass is 10.1. The highest BCUT2D eigenvalue weighted by Gasteiger charge is 2.26. The van der Waals surface area contributed by atoms with Crippen LogP contribution in [-0.4, -0.2) is 22.6 Å². The van der Waals surface area contributed by atoms with Gasteiger partial charge in [-0.25, -0.2) is 9.78 Å². The SMILES string of the molecule is Cc1cc2c(c(SCC(=O)NCc3ccccc3Cl)n1)C(=O)OC2. The van der Waals surface area contributed by atoms with Crippen molar-refractivity contribution < 1.29 is 14.3 Å². The van der Waals surface area contributed by atoms with Gasteiger partial charge in [0, 0.05) is 22.8 Å². The Labute approximate surface area is 148 Å². The molecule has 1 aromatic carbocycles. The maximum absolute atomic E-state index is 12.0. The number of nitrogens with zero attached hydrogens (tertiary/aromatic N) is 1. The number of nitrogens with one attached hydrogen (secondary N) is 1. The van der Waals surface area contributed by atoms with Crippen LogP contribution >= 0.6 is 23.4 Å². The van der Waals surface area contributed by atoms with Crippen LogP contribution in [0.3, 0.4) is 0 Å². The number of carbonyl (C=O) groups excluding carboxylic acids is 2. The van der Waals surface area contributed by atoms with Gasteiger partial charge >= 0.3 is 5.97 Å². The Morgan fingerprint density at radius 3 is 3.00 bits per heavy atom. The van der Waals surface area contributed by atoms with Crippen molar-refractivity contribution in [1.82, 2.24) is 10.3 Å². The van der Waals surface area contributed by atoms with Gasteiger partial charge in [0.25, 0.3) is 0 Å². The van der Waals surface area contributed by atoms with Crippen molar-refractivity contribution in [2.24, 2.45) is 0 Å². The van der Waals surface area contributed by atoms with Gasteiger partial charge in [-0.15, -0.1) is 0 Å². The predicted molar refractivity (Wildman–Crippen MR) is 92.1 cm³/mol. The molecule has 1 amide bonds. The van der Waals surface area contributed by atoms with Crippen LogP contribution in [0, 0.1) is 6.92 Å². The molecule has 1 aromatic heterocycles. The number of hydrogen-bond donors (Lipinski definition) is 1. The Bertz CT molecular complexity index is 810. The van der Waals surface area contributed by atoms with Crippen molar-refractivity contribution in [2.75, 3.05) is 5.75 Å². The Kier molecular flexibility index (Phi) is 5.06. The lowest BCUT2D eigenvalue weighted by Crippen LogP contribution is -2.24. The highest BCUT2D eigenvalue weighted by molar-refractivity contribution is 8.00. The van der Waals surface area contributed by atoms with Crippen molar-refractivity contribution in [3.8, 4) is 0 Å². The quantitative estimate of drug-likeness (QED) is 0.653. The number of aromatic nitrogens is 1. The summed E-state index contributed by atoms with van der Waals surface area (Å²) in [5, 5.41) is 3.97. The first-order valence-corrected chi connectivity index (χ1v) is 8.71. The number of fused-ring (bicyclic) bond motifs is 1. The fourth-order valence-corrected chi connectivity index (χ4v) is 3.52. The summed E-state index contributed by atoms with van der Waals surface area (Å²) in [6, 6.07) is 9.19. The largest absolute Gasteiger partial charge is 0.457 e. The van der Waals surface area contributed by atoms with Crippen molar-refractivity contribution in [2.45, 2.75) is 25.1 Å². The van der Waals surface area contributed by atoms with Gasteiger partial charge in [0.1, 0.15) is 11.6 Å². The summed E-state index contributed by atoms with van der Waals surface area (Å²) in [7, 11) is 0. The van der Waals surface area contributed by atoms with Crippen LogP contribution in [0.4, 0.5) is 0 Å². The molecule has 1 aliphatic rings. The number of amides is 1. The van der Waals surface area contributed by atoms with Gasteiger partial charge in [-0.05, 0) is 24.6 Å². The van der Waals surface area contributed by atoms with Gasteiger partial charge in [-0.2, -0.15) is 0 Å². The average Bonchev–Trinajstić information content (AvgIpc) is 2.93. The molecule has 0 aliphatic carbocycles. The van der Waals surface area contributed by atoms with E-state index in [9.17, 15) is 9.59 Å². The minimum atomic E-state index is -0.378. The van der Waals surface area contributed by atoms with Crippen LogP contribution in [0.5, 0.6) is 0 Å². The minimum absolute atomic E-state index is 0.150. The summed E-state index contributed by atoms with van der Waals surface area (Å²) in [6.45, 7) is 2.48. The summed E-state index contributed by atoms with van der Waals surface area (Å²) in [5.41, 5.74) is 2.96. The van der Waals surface area contributed by atoms with E-state index in [2.05, 4.69) is 10.3 Å². The van der Waals surface area contributed by atoms with E-state index in [-0.39, 0.29) is 24.2 Å². The van der Waals surface area contributed by atoms with E-state index in [4.69, 9.17) is 16.3 Å². The molecule has 24 heavy (non-hydrogen) atoms. The molecule has 7 heteroatoms. The van der Waals surface area contributed by atoms with Crippen LogP contribution in [0.15, 0.2) is 35.4 Å². The Morgan fingerprint density at radius 2 is 2.21 bits per heavy atom. The van der Waals surface area contributed by atoms with Gasteiger partial charge in [0.15, 0.2) is 0 Å². The zero-order valence-electron chi connectivity index (χ0n) is 13.0. The lowest BCUT2D eigenvalue weighted by Gasteiger charge is -2.08. The predicted octanol–water partition coefficient (Wildman–Crippen LogP) is 3.12. The third kappa shape index (κ3) is 3.71. The molecule has 0 unspecified atom stereocenters. The Hall–Kier alpha value is -2.05. The van der Waals surface area contributed by atoms with Crippen LogP contribution < -0.4 is 5.32 Å². The van der Waals surface area contributed by atoms with Crippen molar-refractivity contribution in [3.63, 3.8) is 0 Å². The third-order valence-corrected chi connectivity index (χ3v) is 4.88. The number of thioether (sulfide) groups is 1. The van der Waals surface area contributed by atoms with Crippen molar-refractivity contribution in [3.05, 3.63) is 57.7 Å². The van der Waals surface area contributed by atoms with E-state index in [0.29, 0.717) is 22.2 Å². The van der Waals surface area contributed by atoms with E-state index in [1.54, 1.807) is 6.07 Å². The number of hydrogen-bond acceptors (Lipinski definition) is 5. The summed E-state index contributed by atoms with van der Waals surface area (Å²) >= 11 is 7.29. The third-order valence-electron chi connectivity index (χ3n) is 3.53. The zero-order valence-corrected chi connectivity index (χ0v) is 14.5. The van der Waals surface area contributed by atoms with Gasteiger partial charge in [0.2, 0.25) is 5.91 Å². The number of halogens is 1. The number of rotatable bonds is 5. The highest BCUT2D eigenvalue weighted by atomic mass is 35.5. The molecule has 0 fully saturated rings. The first kappa shape index (κ1) is 16.8. The number of pyridine rings is 1. The van der Waals surface area contributed by atoms with Gasteiger partial charge in [0.05, 0.1) is 11.3 Å². The number of ether oxygens (including phenoxy) is 1. The molecule has 124 valence electrons. The first-order chi connectivity index (χ1) is 11.5. The van der Waals surface area contributed by atoms with E-state index in [1.165, 1.54) is 11.8 Å². The molecule has 3 rings (SSSR count).